The summed E-state index contributed by atoms with van der Waals surface area (Å²) in [6.45, 7) is 8.19. The molecule has 1 N–H and O–H groups in total. The summed E-state index contributed by atoms with van der Waals surface area (Å²) >= 11 is 0. The maximum absolute atomic E-state index is 5.71. The third-order valence-corrected chi connectivity index (χ3v) is 2.81. The van der Waals surface area contributed by atoms with Crippen LogP contribution in [-0.4, -0.2) is 39.5 Å². The van der Waals surface area contributed by atoms with E-state index in [1.54, 1.807) is 7.11 Å². The lowest BCUT2D eigenvalue weighted by Crippen LogP contribution is -2.33. The van der Waals surface area contributed by atoms with E-state index in [0.29, 0.717) is 17.9 Å². The summed E-state index contributed by atoms with van der Waals surface area (Å²) in [5.41, 5.74) is 0. The lowest BCUT2D eigenvalue weighted by Gasteiger charge is -2.22. The molecule has 3 nitrogen and oxygen atoms in total. The summed E-state index contributed by atoms with van der Waals surface area (Å²) in [6, 6.07) is 0. The van der Waals surface area contributed by atoms with Crippen LogP contribution in [0.1, 0.15) is 20.3 Å². The van der Waals surface area contributed by atoms with Gasteiger partial charge in [-0.25, -0.2) is 0 Å². The number of rotatable bonds is 6. The van der Waals surface area contributed by atoms with E-state index in [0.717, 1.165) is 26.3 Å². The first-order valence-electron chi connectivity index (χ1n) is 5.57. The largest absolute Gasteiger partial charge is 0.383 e. The third-order valence-electron chi connectivity index (χ3n) is 2.81. The minimum absolute atomic E-state index is 0.449. The molecular formula is C11H23NO2. The van der Waals surface area contributed by atoms with Crippen LogP contribution in [0.15, 0.2) is 0 Å². The van der Waals surface area contributed by atoms with E-state index in [1.807, 2.05) is 0 Å². The van der Waals surface area contributed by atoms with Crippen LogP contribution in [0.25, 0.3) is 0 Å². The Morgan fingerprint density at radius 3 is 2.93 bits per heavy atom. The summed E-state index contributed by atoms with van der Waals surface area (Å²) < 4.78 is 10.7. The molecule has 2 atom stereocenters. The van der Waals surface area contributed by atoms with Gasteiger partial charge in [0.1, 0.15) is 0 Å². The zero-order chi connectivity index (χ0) is 10.4. The molecular weight excluding hydrogens is 178 g/mol. The number of hydrogen-bond donors (Lipinski definition) is 1. The summed E-state index contributed by atoms with van der Waals surface area (Å²) in [5, 5.41) is 3.41. The second kappa shape index (κ2) is 6.38. The number of hydrogen-bond acceptors (Lipinski definition) is 3. The van der Waals surface area contributed by atoms with Crippen LogP contribution in [0.3, 0.4) is 0 Å². The molecule has 1 aliphatic heterocycles. The molecule has 0 aliphatic carbocycles. The molecule has 1 aliphatic rings. The molecule has 0 aromatic rings. The van der Waals surface area contributed by atoms with Crippen molar-refractivity contribution in [3.63, 3.8) is 0 Å². The highest BCUT2D eigenvalue weighted by Gasteiger charge is 2.29. The molecule has 3 heteroatoms. The Hall–Kier alpha value is -0.120. The predicted molar refractivity (Wildman–Crippen MR) is 57.4 cm³/mol. The van der Waals surface area contributed by atoms with E-state index in [2.05, 4.69) is 19.2 Å². The molecule has 0 aromatic carbocycles. The topological polar surface area (TPSA) is 30.5 Å². The summed E-state index contributed by atoms with van der Waals surface area (Å²) in [5.74, 6) is 1.32. The van der Waals surface area contributed by atoms with Crippen LogP contribution in [0, 0.1) is 11.8 Å². The first-order valence-corrected chi connectivity index (χ1v) is 5.57. The molecule has 0 bridgehead atoms. The number of ether oxygens (including phenoxy) is 2. The van der Waals surface area contributed by atoms with Crippen molar-refractivity contribution in [1.29, 1.82) is 0 Å². The molecule has 0 spiro atoms. The van der Waals surface area contributed by atoms with Gasteiger partial charge in [-0.05, 0) is 18.3 Å². The van der Waals surface area contributed by atoms with Crippen molar-refractivity contribution in [1.82, 2.24) is 5.32 Å². The van der Waals surface area contributed by atoms with E-state index in [1.165, 1.54) is 6.42 Å². The average Bonchev–Trinajstić information content (AvgIpc) is 2.60. The van der Waals surface area contributed by atoms with Gasteiger partial charge in [-0.3, -0.25) is 0 Å². The van der Waals surface area contributed by atoms with E-state index in [4.69, 9.17) is 9.47 Å². The fourth-order valence-corrected chi connectivity index (χ4v) is 2.07. The van der Waals surface area contributed by atoms with E-state index < -0.39 is 0 Å². The smallest absolute Gasteiger partial charge is 0.0639 e. The molecule has 1 saturated heterocycles. The van der Waals surface area contributed by atoms with Gasteiger partial charge in [-0.1, -0.05) is 13.8 Å². The van der Waals surface area contributed by atoms with Gasteiger partial charge in [-0.2, -0.15) is 0 Å². The zero-order valence-corrected chi connectivity index (χ0v) is 9.58. The highest BCUT2D eigenvalue weighted by molar-refractivity contribution is 4.80. The Kier molecular flexibility index (Phi) is 5.45. The molecule has 14 heavy (non-hydrogen) atoms. The van der Waals surface area contributed by atoms with Crippen molar-refractivity contribution in [3.8, 4) is 0 Å². The van der Waals surface area contributed by atoms with Crippen LogP contribution in [0.2, 0.25) is 0 Å². The normalized spacial score (nSPS) is 27.4. The summed E-state index contributed by atoms with van der Waals surface area (Å²) in [4.78, 5) is 0. The van der Waals surface area contributed by atoms with Crippen LogP contribution in [0.4, 0.5) is 0 Å². The van der Waals surface area contributed by atoms with Gasteiger partial charge >= 0.3 is 0 Å². The van der Waals surface area contributed by atoms with Crippen molar-refractivity contribution in [2.24, 2.45) is 11.8 Å². The lowest BCUT2D eigenvalue weighted by molar-refractivity contribution is 0.0536. The van der Waals surface area contributed by atoms with Gasteiger partial charge in [0, 0.05) is 26.8 Å². The van der Waals surface area contributed by atoms with Crippen LogP contribution in [0.5, 0.6) is 0 Å². The lowest BCUT2D eigenvalue weighted by atomic mass is 9.93. The zero-order valence-electron chi connectivity index (χ0n) is 9.58. The van der Waals surface area contributed by atoms with Gasteiger partial charge in [0.05, 0.1) is 12.7 Å². The Morgan fingerprint density at radius 2 is 2.29 bits per heavy atom. The van der Waals surface area contributed by atoms with Crippen LogP contribution >= 0.6 is 0 Å². The second-order valence-electron chi connectivity index (χ2n) is 4.33. The Bertz CT molecular complexity index is 150. The molecule has 1 heterocycles. The maximum atomic E-state index is 5.71. The van der Waals surface area contributed by atoms with Gasteiger partial charge in [0.25, 0.3) is 0 Å². The monoisotopic (exact) mass is 201 g/mol. The highest BCUT2D eigenvalue weighted by atomic mass is 16.5. The molecule has 0 radical (unpaired) electrons. The van der Waals surface area contributed by atoms with Crippen LogP contribution < -0.4 is 5.32 Å². The minimum atomic E-state index is 0.449. The van der Waals surface area contributed by atoms with Crippen molar-refractivity contribution >= 4 is 0 Å². The molecule has 1 rings (SSSR count). The van der Waals surface area contributed by atoms with Crippen molar-refractivity contribution in [2.45, 2.75) is 26.4 Å². The molecule has 84 valence electrons. The van der Waals surface area contributed by atoms with Crippen molar-refractivity contribution < 1.29 is 9.47 Å². The van der Waals surface area contributed by atoms with Crippen molar-refractivity contribution in [2.75, 3.05) is 33.4 Å². The van der Waals surface area contributed by atoms with Gasteiger partial charge in [-0.15, -0.1) is 0 Å². The minimum Gasteiger partial charge on any atom is -0.383 e. The summed E-state index contributed by atoms with van der Waals surface area (Å²) in [6.07, 6.45) is 1.65. The van der Waals surface area contributed by atoms with E-state index >= 15 is 0 Å². The second-order valence-corrected chi connectivity index (χ2v) is 4.33. The Morgan fingerprint density at radius 1 is 1.50 bits per heavy atom. The Labute approximate surface area is 87.2 Å². The van der Waals surface area contributed by atoms with Crippen molar-refractivity contribution in [3.05, 3.63) is 0 Å². The average molecular weight is 201 g/mol. The highest BCUT2D eigenvalue weighted by Crippen LogP contribution is 2.25. The fourth-order valence-electron chi connectivity index (χ4n) is 2.07. The van der Waals surface area contributed by atoms with E-state index in [9.17, 15) is 0 Å². The van der Waals surface area contributed by atoms with Gasteiger partial charge in [0.2, 0.25) is 0 Å². The third kappa shape index (κ3) is 3.56. The summed E-state index contributed by atoms with van der Waals surface area (Å²) in [7, 11) is 1.73. The van der Waals surface area contributed by atoms with Gasteiger partial charge in [0.15, 0.2) is 0 Å². The molecule has 2 unspecified atom stereocenters. The molecule has 0 amide bonds. The first kappa shape index (κ1) is 12.0. The first-order chi connectivity index (χ1) is 6.75. The maximum Gasteiger partial charge on any atom is 0.0639 e. The molecule has 1 fully saturated rings. The Balaban J connectivity index is 2.16. The molecule has 0 aromatic heterocycles. The predicted octanol–water partition coefficient (Wildman–Crippen LogP) is 1.28. The fraction of sp³-hybridized carbons (Fsp3) is 1.00. The quantitative estimate of drug-likeness (QED) is 0.657. The number of nitrogens with one attached hydrogen (secondary N) is 1. The van der Waals surface area contributed by atoms with E-state index in [-0.39, 0.29) is 0 Å². The van der Waals surface area contributed by atoms with Crippen LogP contribution in [-0.2, 0) is 9.47 Å². The number of methoxy groups -OCH3 is 1. The molecule has 0 saturated carbocycles. The standard InChI is InChI=1S/C11H23NO2/c1-9(2)11-10(4-6-14-11)8-12-5-7-13-3/h9-12H,4-8H2,1-3H3. The SMILES string of the molecule is COCCNCC1CCOC1C(C)C. The van der Waals surface area contributed by atoms with Gasteiger partial charge < -0.3 is 14.8 Å².